The Balaban J connectivity index is 1.68. The summed E-state index contributed by atoms with van der Waals surface area (Å²) in [6, 6.07) is 0. The maximum Gasteiger partial charge on any atom is 0.270 e. The third-order valence-electron chi connectivity index (χ3n) is 7.80. The molecule has 2 amide bonds. The van der Waals surface area contributed by atoms with Crippen LogP contribution in [0.5, 0.6) is 0 Å². The van der Waals surface area contributed by atoms with E-state index in [9.17, 15) is 14.7 Å². The van der Waals surface area contributed by atoms with Crippen LogP contribution in [0.1, 0.15) is 85.0 Å². The Labute approximate surface area is 193 Å². The standard InChI is InChI=1S/C25H42N4O3/c1-4-18(3)9-16-29(25(5-2)12-13-25)22(31)17-27-21-8-6-7-20(21)23(26)24(32)28-14-10-19(30)11-15-28/h18-19,30H,4-17,26H2,1-3H3/b23-20-,27-21?. The summed E-state index contributed by atoms with van der Waals surface area (Å²) in [6.07, 6.45) is 8.58. The Bertz CT molecular complexity index is 748. The number of nitrogens with zero attached hydrogens (tertiary/aromatic N) is 3. The molecule has 0 aromatic rings. The van der Waals surface area contributed by atoms with E-state index in [2.05, 4.69) is 30.7 Å². The third kappa shape index (κ3) is 5.72. The number of carbonyl (C=O) groups is 2. The molecule has 1 saturated heterocycles. The van der Waals surface area contributed by atoms with Crippen LogP contribution in [0.3, 0.4) is 0 Å². The number of aliphatic hydroxyl groups is 1. The van der Waals surface area contributed by atoms with E-state index in [0.717, 1.165) is 69.2 Å². The number of aliphatic hydroxyl groups excluding tert-OH is 1. The minimum Gasteiger partial charge on any atom is -0.394 e. The predicted molar refractivity (Wildman–Crippen MR) is 127 cm³/mol. The smallest absolute Gasteiger partial charge is 0.270 e. The summed E-state index contributed by atoms with van der Waals surface area (Å²) in [5.74, 6) is 0.544. The Morgan fingerprint density at radius 1 is 1.25 bits per heavy atom. The number of aliphatic imine (C=N–C) groups is 1. The van der Waals surface area contributed by atoms with Gasteiger partial charge in [-0.1, -0.05) is 27.2 Å². The molecule has 3 aliphatic rings. The van der Waals surface area contributed by atoms with Gasteiger partial charge in [0.25, 0.3) is 5.91 Å². The van der Waals surface area contributed by atoms with Crippen LogP contribution in [0.15, 0.2) is 16.3 Å². The monoisotopic (exact) mass is 446 g/mol. The predicted octanol–water partition coefficient (Wildman–Crippen LogP) is 3.01. The molecule has 2 saturated carbocycles. The molecular weight excluding hydrogens is 404 g/mol. The number of carbonyl (C=O) groups excluding carboxylic acids is 2. The van der Waals surface area contributed by atoms with Crippen molar-refractivity contribution >= 4 is 17.5 Å². The van der Waals surface area contributed by atoms with Gasteiger partial charge in [0.05, 0.1) is 6.10 Å². The lowest BCUT2D eigenvalue weighted by Gasteiger charge is -2.32. The van der Waals surface area contributed by atoms with Crippen molar-refractivity contribution in [2.24, 2.45) is 16.6 Å². The van der Waals surface area contributed by atoms with Crippen molar-refractivity contribution in [2.75, 3.05) is 26.2 Å². The highest BCUT2D eigenvalue weighted by atomic mass is 16.3. The number of amides is 2. The van der Waals surface area contributed by atoms with Crippen LogP contribution in [0, 0.1) is 5.92 Å². The molecular formula is C25H42N4O3. The number of hydrogen-bond acceptors (Lipinski definition) is 5. The van der Waals surface area contributed by atoms with E-state index in [1.807, 2.05) is 0 Å². The Kier molecular flexibility index (Phi) is 8.37. The van der Waals surface area contributed by atoms with Gasteiger partial charge in [0.15, 0.2) is 0 Å². The molecule has 0 aromatic heterocycles. The first-order valence-electron chi connectivity index (χ1n) is 12.6. The molecule has 1 atom stereocenters. The van der Waals surface area contributed by atoms with Crippen LogP contribution in [-0.2, 0) is 9.59 Å². The highest BCUT2D eigenvalue weighted by molar-refractivity contribution is 6.09. The second kappa shape index (κ2) is 10.8. The van der Waals surface area contributed by atoms with Crippen molar-refractivity contribution < 1.29 is 14.7 Å². The van der Waals surface area contributed by atoms with Crippen LogP contribution in [0.4, 0.5) is 0 Å². The van der Waals surface area contributed by atoms with Gasteiger partial charge >= 0.3 is 0 Å². The summed E-state index contributed by atoms with van der Waals surface area (Å²) in [6.45, 7) is 8.61. The van der Waals surface area contributed by atoms with Crippen molar-refractivity contribution in [3.8, 4) is 0 Å². The van der Waals surface area contributed by atoms with Crippen LogP contribution >= 0.6 is 0 Å². The van der Waals surface area contributed by atoms with Crippen molar-refractivity contribution in [2.45, 2.75) is 96.6 Å². The Hall–Kier alpha value is -1.89. The van der Waals surface area contributed by atoms with E-state index in [1.165, 1.54) is 0 Å². The van der Waals surface area contributed by atoms with Gasteiger partial charge in [-0.25, -0.2) is 0 Å². The molecule has 7 heteroatoms. The summed E-state index contributed by atoms with van der Waals surface area (Å²) >= 11 is 0. The van der Waals surface area contributed by atoms with E-state index < -0.39 is 0 Å². The fourth-order valence-corrected chi connectivity index (χ4v) is 4.95. The van der Waals surface area contributed by atoms with Crippen LogP contribution in [0.2, 0.25) is 0 Å². The highest BCUT2D eigenvalue weighted by Crippen LogP contribution is 2.45. The fraction of sp³-hybridized carbons (Fsp3) is 0.800. The second-order valence-corrected chi connectivity index (χ2v) is 9.96. The van der Waals surface area contributed by atoms with Gasteiger partial charge in [-0.2, -0.15) is 0 Å². The first kappa shape index (κ1) is 24.7. The molecule has 1 heterocycles. The molecule has 0 spiro atoms. The average Bonchev–Trinajstić information content (AvgIpc) is 3.45. The summed E-state index contributed by atoms with van der Waals surface area (Å²) in [7, 11) is 0. The Morgan fingerprint density at radius 2 is 1.94 bits per heavy atom. The zero-order valence-electron chi connectivity index (χ0n) is 20.2. The second-order valence-electron chi connectivity index (χ2n) is 9.96. The summed E-state index contributed by atoms with van der Waals surface area (Å²) < 4.78 is 0. The minimum atomic E-state index is -0.330. The lowest BCUT2D eigenvalue weighted by molar-refractivity contribution is -0.133. The summed E-state index contributed by atoms with van der Waals surface area (Å²) in [5.41, 5.74) is 8.24. The maximum atomic E-state index is 13.2. The number of hydrogen-bond donors (Lipinski definition) is 2. The topological polar surface area (TPSA) is 99.2 Å². The van der Waals surface area contributed by atoms with Crippen molar-refractivity contribution in [3.05, 3.63) is 11.3 Å². The molecule has 0 aromatic carbocycles. The van der Waals surface area contributed by atoms with Crippen molar-refractivity contribution in [3.63, 3.8) is 0 Å². The zero-order chi connectivity index (χ0) is 23.3. The summed E-state index contributed by atoms with van der Waals surface area (Å²) in [5, 5.41) is 9.69. The van der Waals surface area contributed by atoms with Gasteiger partial charge in [0, 0.05) is 36.5 Å². The van der Waals surface area contributed by atoms with E-state index in [0.29, 0.717) is 31.8 Å². The molecule has 32 heavy (non-hydrogen) atoms. The molecule has 3 rings (SSSR count). The third-order valence-corrected chi connectivity index (χ3v) is 7.80. The van der Waals surface area contributed by atoms with Gasteiger partial charge in [-0.3, -0.25) is 14.6 Å². The lowest BCUT2D eigenvalue weighted by Crippen LogP contribution is -2.44. The van der Waals surface area contributed by atoms with Crippen LogP contribution in [0.25, 0.3) is 0 Å². The van der Waals surface area contributed by atoms with E-state index in [1.54, 1.807) is 4.90 Å². The van der Waals surface area contributed by atoms with Crippen molar-refractivity contribution in [1.82, 2.24) is 9.80 Å². The number of nitrogens with two attached hydrogens (primary N) is 1. The van der Waals surface area contributed by atoms with Gasteiger partial charge in [-0.15, -0.1) is 0 Å². The van der Waals surface area contributed by atoms with Crippen molar-refractivity contribution in [1.29, 1.82) is 0 Å². The van der Waals surface area contributed by atoms with Gasteiger partial charge in [0.1, 0.15) is 12.2 Å². The normalized spacial score (nSPS) is 24.5. The molecule has 7 nitrogen and oxygen atoms in total. The van der Waals surface area contributed by atoms with E-state index >= 15 is 0 Å². The SMILES string of the molecule is CCC(C)CCN(C(=O)CN=C1CCC/C1=C(/N)C(=O)N1CCC(O)CC1)C1(CC)CC1. The first-order chi connectivity index (χ1) is 15.3. The quantitative estimate of drug-likeness (QED) is 0.532. The van der Waals surface area contributed by atoms with Gasteiger partial charge in [-0.05, 0) is 63.7 Å². The first-order valence-corrected chi connectivity index (χ1v) is 12.6. The molecule has 1 aliphatic heterocycles. The fourth-order valence-electron chi connectivity index (χ4n) is 4.95. The van der Waals surface area contributed by atoms with Crippen LogP contribution < -0.4 is 5.73 Å². The molecule has 180 valence electrons. The lowest BCUT2D eigenvalue weighted by atomic mass is 10.0. The van der Waals surface area contributed by atoms with Gasteiger partial charge in [0.2, 0.25) is 5.91 Å². The molecule has 1 unspecified atom stereocenters. The average molecular weight is 447 g/mol. The van der Waals surface area contributed by atoms with E-state index in [4.69, 9.17) is 5.73 Å². The molecule has 0 bridgehead atoms. The number of likely N-dealkylation sites (tertiary alicyclic amines) is 1. The molecule has 2 aliphatic carbocycles. The van der Waals surface area contributed by atoms with Gasteiger partial charge < -0.3 is 20.6 Å². The largest absolute Gasteiger partial charge is 0.394 e. The minimum absolute atomic E-state index is 0.0346. The number of piperidine rings is 1. The molecule has 0 radical (unpaired) electrons. The zero-order valence-corrected chi connectivity index (χ0v) is 20.2. The van der Waals surface area contributed by atoms with Crippen LogP contribution in [-0.4, -0.2) is 70.3 Å². The Morgan fingerprint density at radius 3 is 2.53 bits per heavy atom. The maximum absolute atomic E-state index is 13.2. The number of allylic oxidation sites excluding steroid dienone is 1. The molecule has 3 N–H and O–H groups in total. The molecule has 3 fully saturated rings. The highest BCUT2D eigenvalue weighted by Gasteiger charge is 2.48. The number of rotatable bonds is 9. The van der Waals surface area contributed by atoms with E-state index in [-0.39, 0.29) is 35.7 Å². The summed E-state index contributed by atoms with van der Waals surface area (Å²) in [4.78, 5) is 34.6.